The molecule has 3 amide bonds. The van der Waals surface area contributed by atoms with E-state index in [0.29, 0.717) is 6.54 Å². The van der Waals surface area contributed by atoms with E-state index in [2.05, 4.69) is 126 Å². The number of ether oxygens (including phenoxy) is 1. The molecule has 5 aromatic rings. The molecule has 0 unspecified atom stereocenters. The molecule has 12 heteroatoms. The third-order valence-corrected chi connectivity index (χ3v) is 13.5. The SMILES string of the molecule is COC(=O)N[C@H](C(=O)N1CCC[C@H]1c1cc(-c2ccc([C@H]3CC[C@H](c4ccc(-c5cc([C@@H]6CCCN6C(=O)[CH]C(C)C)[nH]n5)cc4)N3c3ccc(C(C)(C)C)cc3)cc2)n[nH]1)C(C)C. The van der Waals surface area contributed by atoms with Crippen molar-refractivity contribution >= 4 is 23.6 Å². The largest absolute Gasteiger partial charge is 0.453 e. The quantitative estimate of drug-likeness (QED) is 0.113. The topological polar surface area (TPSA) is 140 Å². The van der Waals surface area contributed by atoms with Crippen LogP contribution in [-0.2, 0) is 19.7 Å². The number of likely N-dealkylation sites (tertiary alicyclic amines) is 2. The first-order valence-corrected chi connectivity index (χ1v) is 23.2. The number of nitrogens with zero attached hydrogens (tertiary/aromatic N) is 5. The summed E-state index contributed by atoms with van der Waals surface area (Å²) in [5, 5.41) is 18.7. The van der Waals surface area contributed by atoms with Gasteiger partial charge in [-0.15, -0.1) is 0 Å². The lowest BCUT2D eigenvalue weighted by molar-refractivity contribution is -0.135. The molecule has 3 N–H and O–H groups in total. The van der Waals surface area contributed by atoms with Crippen molar-refractivity contribution in [2.24, 2.45) is 11.8 Å². The summed E-state index contributed by atoms with van der Waals surface area (Å²) < 4.78 is 4.81. The molecule has 3 aliphatic rings. The second kappa shape index (κ2) is 18.7. The van der Waals surface area contributed by atoms with E-state index in [1.165, 1.54) is 29.5 Å². The molecule has 0 bridgehead atoms. The molecule has 8 rings (SSSR count). The van der Waals surface area contributed by atoms with E-state index in [0.717, 1.165) is 79.0 Å². The van der Waals surface area contributed by atoms with Gasteiger partial charge in [0, 0.05) is 29.9 Å². The van der Waals surface area contributed by atoms with Gasteiger partial charge < -0.3 is 24.8 Å². The van der Waals surface area contributed by atoms with E-state index in [1.807, 2.05) is 43.9 Å². The number of anilines is 1. The summed E-state index contributed by atoms with van der Waals surface area (Å²) in [7, 11) is 1.31. The van der Waals surface area contributed by atoms with Crippen LogP contribution in [0.15, 0.2) is 84.9 Å². The smallest absolute Gasteiger partial charge is 0.407 e. The number of methoxy groups -OCH3 is 1. The minimum Gasteiger partial charge on any atom is -0.453 e. The van der Waals surface area contributed by atoms with Gasteiger partial charge in [-0.25, -0.2) is 4.79 Å². The van der Waals surface area contributed by atoms with Crippen LogP contribution in [0.2, 0.25) is 0 Å². The number of hydrogen-bond acceptors (Lipinski definition) is 7. The molecule has 64 heavy (non-hydrogen) atoms. The Morgan fingerprint density at radius 3 is 1.67 bits per heavy atom. The van der Waals surface area contributed by atoms with Crippen molar-refractivity contribution < 1.29 is 19.1 Å². The normalized spacial score (nSPS) is 20.7. The van der Waals surface area contributed by atoms with Gasteiger partial charge in [-0.3, -0.25) is 19.8 Å². The first-order valence-electron chi connectivity index (χ1n) is 23.2. The Kier molecular flexibility index (Phi) is 13.0. The molecule has 0 spiro atoms. The third kappa shape index (κ3) is 9.33. The number of carbonyl (C=O) groups excluding carboxylic acids is 3. The standard InChI is InChI=1S/C52H65N8O4/c1-32(2)29-48(61)58-27-9-11-46(58)42-30-40(54-56-42)34-13-17-36(18-14-34)44-25-26-45(60(44)39-23-21-38(22-24-39)52(5,6)7)37-19-15-35(16-20-37)41-31-43(57-55-41)47-12-10-28-59(47)50(62)49(33(3)4)53-51(63)64-8/h13-24,29-33,44-47,49H,9-12,25-28H2,1-8H3,(H,53,63)(H,54,56)(H,55,57)/t44-,45-,46+,47+,49+/m1/s1. The Labute approximate surface area is 378 Å². The lowest BCUT2D eigenvalue weighted by Crippen LogP contribution is -2.51. The number of hydrogen-bond donors (Lipinski definition) is 3. The number of alkyl carbamates (subject to hydrolysis) is 1. The van der Waals surface area contributed by atoms with Crippen LogP contribution in [0.3, 0.4) is 0 Å². The highest BCUT2D eigenvalue weighted by atomic mass is 16.5. The average Bonchev–Trinajstić information content (AvgIpc) is 4.14. The second-order valence-electron chi connectivity index (χ2n) is 19.6. The molecule has 5 atom stereocenters. The van der Waals surface area contributed by atoms with E-state index in [9.17, 15) is 14.4 Å². The van der Waals surface area contributed by atoms with Gasteiger partial charge in [0.15, 0.2) is 0 Å². The van der Waals surface area contributed by atoms with Gasteiger partial charge in [-0.1, -0.05) is 109 Å². The zero-order valence-electron chi connectivity index (χ0n) is 38.7. The summed E-state index contributed by atoms with van der Waals surface area (Å²) in [6.07, 6.45) is 6.82. The van der Waals surface area contributed by atoms with Crippen molar-refractivity contribution in [2.75, 3.05) is 25.1 Å². The van der Waals surface area contributed by atoms with Crippen molar-refractivity contribution in [2.45, 2.75) is 123 Å². The molecule has 3 aliphatic heterocycles. The summed E-state index contributed by atoms with van der Waals surface area (Å²) in [5.74, 6) is 0.103. The highest BCUT2D eigenvalue weighted by molar-refractivity contribution is 5.87. The number of rotatable bonds is 12. The molecule has 0 aliphatic carbocycles. The van der Waals surface area contributed by atoms with Crippen molar-refractivity contribution in [3.8, 4) is 22.5 Å². The van der Waals surface area contributed by atoms with Crippen LogP contribution in [0.5, 0.6) is 0 Å². The monoisotopic (exact) mass is 866 g/mol. The van der Waals surface area contributed by atoms with Crippen LogP contribution in [0.4, 0.5) is 10.5 Å². The average molecular weight is 866 g/mol. The minimum absolute atomic E-state index is 0.0181. The fourth-order valence-corrected chi connectivity index (χ4v) is 9.99. The number of aromatic amines is 2. The first kappa shape index (κ1) is 44.7. The number of nitrogens with one attached hydrogen (secondary N) is 3. The van der Waals surface area contributed by atoms with Gasteiger partial charge in [0.05, 0.1) is 60.5 Å². The maximum absolute atomic E-state index is 13.7. The maximum atomic E-state index is 13.7. The van der Waals surface area contributed by atoms with Gasteiger partial charge in [-0.2, -0.15) is 10.2 Å². The number of H-pyrrole nitrogens is 2. The molecule has 337 valence electrons. The van der Waals surface area contributed by atoms with Crippen LogP contribution in [0.25, 0.3) is 22.5 Å². The Morgan fingerprint density at radius 2 is 1.20 bits per heavy atom. The molecular formula is C52H65N8O4. The van der Waals surface area contributed by atoms with E-state index < -0.39 is 12.1 Å². The number of amides is 3. The van der Waals surface area contributed by atoms with Crippen LogP contribution in [0, 0.1) is 18.3 Å². The molecule has 2 aromatic heterocycles. The summed E-state index contributed by atoms with van der Waals surface area (Å²) in [6.45, 7) is 16.1. The van der Waals surface area contributed by atoms with Crippen LogP contribution in [0.1, 0.15) is 139 Å². The molecule has 3 saturated heterocycles. The van der Waals surface area contributed by atoms with E-state index in [-0.39, 0.29) is 53.2 Å². The highest BCUT2D eigenvalue weighted by Crippen LogP contribution is 2.48. The molecule has 0 saturated carbocycles. The lowest BCUT2D eigenvalue weighted by atomic mass is 9.87. The molecule has 1 radical (unpaired) electrons. The Balaban J connectivity index is 1.01. The first-order chi connectivity index (χ1) is 30.7. The van der Waals surface area contributed by atoms with Crippen molar-refractivity contribution in [3.63, 3.8) is 0 Å². The Bertz CT molecular complexity index is 2390. The van der Waals surface area contributed by atoms with Gasteiger partial charge >= 0.3 is 6.09 Å². The van der Waals surface area contributed by atoms with E-state index in [4.69, 9.17) is 14.9 Å². The van der Waals surface area contributed by atoms with Crippen molar-refractivity contribution in [1.82, 2.24) is 35.5 Å². The van der Waals surface area contributed by atoms with Gasteiger partial charge in [0.2, 0.25) is 11.8 Å². The Morgan fingerprint density at radius 1 is 0.703 bits per heavy atom. The number of aromatic nitrogens is 4. The fourth-order valence-electron chi connectivity index (χ4n) is 9.99. The molecule has 3 fully saturated rings. The van der Waals surface area contributed by atoms with Gasteiger partial charge in [0.1, 0.15) is 6.04 Å². The van der Waals surface area contributed by atoms with Crippen molar-refractivity contribution in [1.29, 1.82) is 0 Å². The number of carbonyl (C=O) groups is 3. The molecular weight excluding hydrogens is 801 g/mol. The molecule has 3 aromatic carbocycles. The van der Waals surface area contributed by atoms with Crippen LogP contribution in [-0.4, -0.2) is 74.3 Å². The zero-order valence-corrected chi connectivity index (χ0v) is 38.7. The predicted molar refractivity (Wildman–Crippen MR) is 251 cm³/mol. The van der Waals surface area contributed by atoms with Gasteiger partial charge in [0.25, 0.3) is 0 Å². The molecule has 5 heterocycles. The lowest BCUT2D eigenvalue weighted by Gasteiger charge is -2.34. The van der Waals surface area contributed by atoms with Crippen molar-refractivity contribution in [3.05, 3.63) is 119 Å². The van der Waals surface area contributed by atoms with Gasteiger partial charge in [-0.05, 0) is 96.7 Å². The summed E-state index contributed by atoms with van der Waals surface area (Å²) in [6, 6.07) is 30.5. The van der Waals surface area contributed by atoms with E-state index in [1.54, 1.807) is 0 Å². The minimum atomic E-state index is -0.676. The summed E-state index contributed by atoms with van der Waals surface area (Å²) in [4.78, 5) is 45.2. The van der Waals surface area contributed by atoms with E-state index >= 15 is 0 Å². The number of benzene rings is 3. The highest BCUT2D eigenvalue weighted by Gasteiger charge is 2.38. The van der Waals surface area contributed by atoms with Crippen LogP contribution >= 0.6 is 0 Å². The summed E-state index contributed by atoms with van der Waals surface area (Å²) >= 11 is 0. The summed E-state index contributed by atoms with van der Waals surface area (Å²) in [5.41, 5.74) is 10.7. The van der Waals surface area contributed by atoms with Crippen LogP contribution < -0.4 is 10.2 Å². The second-order valence-corrected chi connectivity index (χ2v) is 19.6. The molecule has 12 nitrogen and oxygen atoms in total. The Hall–Kier alpha value is -5.91. The fraction of sp³-hybridized carbons (Fsp3) is 0.462. The third-order valence-electron chi connectivity index (χ3n) is 13.5. The maximum Gasteiger partial charge on any atom is 0.407 e. The predicted octanol–water partition coefficient (Wildman–Crippen LogP) is 10.4. The zero-order chi connectivity index (χ0) is 45.3.